The minimum absolute atomic E-state index is 0.103. The summed E-state index contributed by atoms with van der Waals surface area (Å²) in [6.07, 6.45) is 0. The van der Waals surface area contributed by atoms with Crippen molar-refractivity contribution in [1.29, 1.82) is 0 Å². The van der Waals surface area contributed by atoms with Gasteiger partial charge in [-0.3, -0.25) is 9.59 Å². The van der Waals surface area contributed by atoms with Crippen molar-refractivity contribution in [2.45, 2.75) is 20.4 Å². The zero-order chi connectivity index (χ0) is 18.2. The number of carbonyl (C=O) groups excluding carboxylic acids is 2. The minimum atomic E-state index is -0.160. The molecule has 0 fully saturated rings. The van der Waals surface area contributed by atoms with E-state index in [1.165, 1.54) is 12.5 Å². The molecule has 0 saturated carbocycles. The van der Waals surface area contributed by atoms with Gasteiger partial charge in [0.15, 0.2) is 0 Å². The molecule has 0 aliphatic carbocycles. The first kappa shape index (κ1) is 18.3. The molecule has 6 nitrogen and oxygen atoms in total. The van der Waals surface area contributed by atoms with Gasteiger partial charge in [0.25, 0.3) is 0 Å². The van der Waals surface area contributed by atoms with Gasteiger partial charge in [0, 0.05) is 19.2 Å². The Labute approximate surface area is 147 Å². The second kappa shape index (κ2) is 8.73. The summed E-state index contributed by atoms with van der Waals surface area (Å²) in [7, 11) is 1.55. The van der Waals surface area contributed by atoms with Gasteiger partial charge in [-0.1, -0.05) is 29.8 Å². The molecule has 132 valence electrons. The molecule has 0 saturated heterocycles. The molecule has 0 aliphatic rings. The average molecular weight is 341 g/mol. The van der Waals surface area contributed by atoms with Crippen LogP contribution in [0.15, 0.2) is 42.5 Å². The van der Waals surface area contributed by atoms with E-state index in [1.54, 1.807) is 25.3 Å². The number of anilines is 2. The third kappa shape index (κ3) is 5.84. The van der Waals surface area contributed by atoms with Crippen molar-refractivity contribution in [3.8, 4) is 5.75 Å². The summed E-state index contributed by atoms with van der Waals surface area (Å²) >= 11 is 0. The molecular formula is C19H23N3O3. The van der Waals surface area contributed by atoms with Gasteiger partial charge in [-0.25, -0.2) is 0 Å². The van der Waals surface area contributed by atoms with Crippen molar-refractivity contribution in [3.05, 3.63) is 53.6 Å². The highest BCUT2D eigenvalue weighted by Gasteiger charge is 2.08. The SMILES string of the molecule is COc1ccc(NC(C)=O)cc1NCC(=O)NCc1ccc(C)cc1. The number of ether oxygens (including phenoxy) is 1. The van der Waals surface area contributed by atoms with Crippen LogP contribution in [0.1, 0.15) is 18.1 Å². The summed E-state index contributed by atoms with van der Waals surface area (Å²) in [4.78, 5) is 23.2. The molecule has 25 heavy (non-hydrogen) atoms. The lowest BCUT2D eigenvalue weighted by Gasteiger charge is -2.13. The Balaban J connectivity index is 1.91. The highest BCUT2D eigenvalue weighted by molar-refractivity contribution is 5.90. The largest absolute Gasteiger partial charge is 0.495 e. The molecule has 6 heteroatoms. The van der Waals surface area contributed by atoms with Crippen molar-refractivity contribution in [2.24, 2.45) is 0 Å². The molecule has 0 atom stereocenters. The topological polar surface area (TPSA) is 79.5 Å². The third-order valence-corrected chi connectivity index (χ3v) is 3.57. The van der Waals surface area contributed by atoms with Crippen LogP contribution in [0.3, 0.4) is 0 Å². The number of benzene rings is 2. The molecule has 0 aliphatic heterocycles. The third-order valence-electron chi connectivity index (χ3n) is 3.57. The summed E-state index contributed by atoms with van der Waals surface area (Å²) < 4.78 is 5.27. The van der Waals surface area contributed by atoms with E-state index in [1.807, 2.05) is 31.2 Å². The van der Waals surface area contributed by atoms with Crippen molar-refractivity contribution in [2.75, 3.05) is 24.3 Å². The second-order valence-corrected chi connectivity index (χ2v) is 5.71. The monoisotopic (exact) mass is 341 g/mol. The summed E-state index contributed by atoms with van der Waals surface area (Å²) in [5, 5.41) is 8.60. The van der Waals surface area contributed by atoms with Gasteiger partial charge in [-0.05, 0) is 30.7 Å². The highest BCUT2D eigenvalue weighted by atomic mass is 16.5. The van der Waals surface area contributed by atoms with Gasteiger partial charge in [0.1, 0.15) is 5.75 Å². The van der Waals surface area contributed by atoms with Gasteiger partial charge in [-0.2, -0.15) is 0 Å². The van der Waals surface area contributed by atoms with Crippen molar-refractivity contribution in [1.82, 2.24) is 5.32 Å². The lowest BCUT2D eigenvalue weighted by Crippen LogP contribution is -2.29. The number of amides is 2. The summed E-state index contributed by atoms with van der Waals surface area (Å²) in [6.45, 7) is 4.04. The predicted octanol–water partition coefficient (Wildman–Crippen LogP) is 2.69. The molecule has 0 bridgehead atoms. The minimum Gasteiger partial charge on any atom is -0.495 e. The standard InChI is InChI=1S/C19H23N3O3/c1-13-4-6-15(7-5-13)11-21-19(24)12-20-17-10-16(22-14(2)23)8-9-18(17)25-3/h4-10,20H,11-12H2,1-3H3,(H,21,24)(H,22,23). The van der Waals surface area contributed by atoms with Crippen LogP contribution in [-0.4, -0.2) is 25.5 Å². The molecule has 0 spiro atoms. The molecule has 0 radical (unpaired) electrons. The summed E-state index contributed by atoms with van der Waals surface area (Å²) in [5.74, 6) is 0.306. The van der Waals surface area contributed by atoms with Crippen LogP contribution in [0, 0.1) is 6.92 Å². The van der Waals surface area contributed by atoms with Crippen molar-refractivity contribution >= 4 is 23.2 Å². The first-order valence-corrected chi connectivity index (χ1v) is 7.99. The van der Waals surface area contributed by atoms with Crippen LogP contribution in [0.25, 0.3) is 0 Å². The number of methoxy groups -OCH3 is 1. The van der Waals surface area contributed by atoms with Gasteiger partial charge < -0.3 is 20.7 Å². The molecule has 0 unspecified atom stereocenters. The Hall–Kier alpha value is -3.02. The Morgan fingerprint density at radius 2 is 1.80 bits per heavy atom. The Kier molecular flexibility index (Phi) is 6.39. The molecule has 2 rings (SSSR count). The lowest BCUT2D eigenvalue weighted by atomic mass is 10.1. The fourth-order valence-corrected chi connectivity index (χ4v) is 2.27. The molecule has 0 aromatic heterocycles. The smallest absolute Gasteiger partial charge is 0.239 e. The maximum absolute atomic E-state index is 12.0. The van der Waals surface area contributed by atoms with Gasteiger partial charge >= 0.3 is 0 Å². The first-order valence-electron chi connectivity index (χ1n) is 7.99. The molecule has 2 aromatic rings. The molecule has 3 N–H and O–H groups in total. The van der Waals surface area contributed by atoms with Crippen LogP contribution < -0.4 is 20.7 Å². The number of aryl methyl sites for hydroxylation is 1. The number of hydrogen-bond acceptors (Lipinski definition) is 4. The molecule has 0 heterocycles. The van der Waals surface area contributed by atoms with E-state index >= 15 is 0 Å². The van der Waals surface area contributed by atoms with Crippen LogP contribution in [0.5, 0.6) is 5.75 Å². The highest BCUT2D eigenvalue weighted by Crippen LogP contribution is 2.27. The molecule has 2 aromatic carbocycles. The maximum Gasteiger partial charge on any atom is 0.239 e. The first-order chi connectivity index (χ1) is 12.0. The van der Waals surface area contributed by atoms with E-state index in [2.05, 4.69) is 16.0 Å². The number of nitrogens with one attached hydrogen (secondary N) is 3. The molecular weight excluding hydrogens is 318 g/mol. The second-order valence-electron chi connectivity index (χ2n) is 5.71. The van der Waals surface area contributed by atoms with Gasteiger partial charge in [-0.15, -0.1) is 0 Å². The Morgan fingerprint density at radius 1 is 1.08 bits per heavy atom. The fraction of sp³-hybridized carbons (Fsp3) is 0.263. The Bertz CT molecular complexity index is 742. The van der Waals surface area contributed by atoms with E-state index in [9.17, 15) is 9.59 Å². The van der Waals surface area contributed by atoms with Crippen LogP contribution in [0.4, 0.5) is 11.4 Å². The molecule has 2 amide bonds. The van der Waals surface area contributed by atoms with E-state index in [0.717, 1.165) is 5.56 Å². The summed E-state index contributed by atoms with van der Waals surface area (Å²) in [5.41, 5.74) is 3.50. The summed E-state index contributed by atoms with van der Waals surface area (Å²) in [6, 6.07) is 13.2. The zero-order valence-electron chi connectivity index (χ0n) is 14.7. The predicted molar refractivity (Wildman–Crippen MR) is 98.8 cm³/mol. The van der Waals surface area contributed by atoms with E-state index in [-0.39, 0.29) is 18.4 Å². The van der Waals surface area contributed by atoms with Crippen LogP contribution in [0.2, 0.25) is 0 Å². The van der Waals surface area contributed by atoms with Crippen LogP contribution >= 0.6 is 0 Å². The maximum atomic E-state index is 12.0. The van der Waals surface area contributed by atoms with Crippen molar-refractivity contribution < 1.29 is 14.3 Å². The quantitative estimate of drug-likeness (QED) is 0.723. The van der Waals surface area contributed by atoms with E-state index < -0.39 is 0 Å². The average Bonchev–Trinajstić information content (AvgIpc) is 2.59. The lowest BCUT2D eigenvalue weighted by molar-refractivity contribution is -0.119. The Morgan fingerprint density at radius 3 is 2.44 bits per heavy atom. The van der Waals surface area contributed by atoms with Crippen molar-refractivity contribution in [3.63, 3.8) is 0 Å². The van der Waals surface area contributed by atoms with Crippen LogP contribution in [-0.2, 0) is 16.1 Å². The van der Waals surface area contributed by atoms with Gasteiger partial charge in [0.2, 0.25) is 11.8 Å². The normalized spacial score (nSPS) is 10.0. The van der Waals surface area contributed by atoms with E-state index in [0.29, 0.717) is 23.7 Å². The van der Waals surface area contributed by atoms with E-state index in [4.69, 9.17) is 4.74 Å². The number of hydrogen-bond donors (Lipinski definition) is 3. The fourth-order valence-electron chi connectivity index (χ4n) is 2.27. The number of rotatable bonds is 7. The zero-order valence-corrected chi connectivity index (χ0v) is 14.7. The number of carbonyl (C=O) groups is 2. The van der Waals surface area contributed by atoms with Gasteiger partial charge in [0.05, 0.1) is 19.3 Å².